The van der Waals surface area contributed by atoms with Gasteiger partial charge in [-0.2, -0.15) is 0 Å². The maximum Gasteiger partial charge on any atom is 0.123 e. The van der Waals surface area contributed by atoms with E-state index in [4.69, 9.17) is 0 Å². The van der Waals surface area contributed by atoms with E-state index in [0.29, 0.717) is 5.75 Å². The van der Waals surface area contributed by atoms with Crippen LogP contribution in [-0.2, 0) is 0 Å². The SMILES string of the molecule is Cc1ccc(C(C)Nc2ccc(C)c(O)c2C)cc1C. The lowest BCUT2D eigenvalue weighted by Gasteiger charge is -2.19. The molecule has 1 atom stereocenters. The van der Waals surface area contributed by atoms with Gasteiger partial charge in [0.2, 0.25) is 0 Å². The molecule has 0 spiro atoms. The van der Waals surface area contributed by atoms with Gasteiger partial charge in [-0.15, -0.1) is 0 Å². The number of hydrogen-bond acceptors (Lipinski definition) is 2. The summed E-state index contributed by atoms with van der Waals surface area (Å²) in [5.41, 5.74) is 6.67. The highest BCUT2D eigenvalue weighted by molar-refractivity contribution is 5.60. The molecule has 2 rings (SSSR count). The number of hydrogen-bond donors (Lipinski definition) is 2. The number of aryl methyl sites for hydroxylation is 3. The van der Waals surface area contributed by atoms with Crippen LogP contribution in [-0.4, -0.2) is 5.11 Å². The van der Waals surface area contributed by atoms with E-state index in [1.54, 1.807) is 0 Å². The van der Waals surface area contributed by atoms with Crippen molar-refractivity contribution in [3.8, 4) is 5.75 Å². The third kappa shape index (κ3) is 2.79. The average Bonchev–Trinajstić information content (AvgIpc) is 2.42. The molecule has 0 saturated carbocycles. The Balaban J connectivity index is 2.25. The van der Waals surface area contributed by atoms with Gasteiger partial charge < -0.3 is 10.4 Å². The molecule has 0 amide bonds. The second-order valence-electron chi connectivity index (χ2n) is 5.61. The van der Waals surface area contributed by atoms with Gasteiger partial charge in [0.15, 0.2) is 0 Å². The Bertz CT molecular complexity index is 632. The van der Waals surface area contributed by atoms with Gasteiger partial charge in [0.25, 0.3) is 0 Å². The number of phenols is 1. The minimum Gasteiger partial charge on any atom is -0.507 e. The number of aromatic hydroxyl groups is 1. The molecule has 2 nitrogen and oxygen atoms in total. The van der Waals surface area contributed by atoms with Crippen molar-refractivity contribution in [2.45, 2.75) is 40.7 Å². The molecule has 20 heavy (non-hydrogen) atoms. The smallest absolute Gasteiger partial charge is 0.123 e. The van der Waals surface area contributed by atoms with Crippen molar-refractivity contribution in [3.63, 3.8) is 0 Å². The van der Waals surface area contributed by atoms with Gasteiger partial charge in [0.1, 0.15) is 5.75 Å². The van der Waals surface area contributed by atoms with Gasteiger partial charge in [-0.1, -0.05) is 24.3 Å². The highest BCUT2D eigenvalue weighted by Gasteiger charge is 2.10. The maximum absolute atomic E-state index is 10.0. The quantitative estimate of drug-likeness (QED) is 0.839. The molecule has 1 unspecified atom stereocenters. The Morgan fingerprint density at radius 2 is 1.55 bits per heavy atom. The van der Waals surface area contributed by atoms with Gasteiger partial charge in [0.05, 0.1) is 0 Å². The van der Waals surface area contributed by atoms with Crippen LogP contribution in [0.3, 0.4) is 0 Å². The van der Waals surface area contributed by atoms with Crippen molar-refractivity contribution in [1.82, 2.24) is 0 Å². The normalized spacial score (nSPS) is 12.2. The Hall–Kier alpha value is -1.96. The van der Waals surface area contributed by atoms with Crippen LogP contribution in [0.25, 0.3) is 0 Å². The molecule has 0 bridgehead atoms. The monoisotopic (exact) mass is 269 g/mol. The molecule has 0 fully saturated rings. The first-order valence-electron chi connectivity index (χ1n) is 7.03. The van der Waals surface area contributed by atoms with Crippen molar-refractivity contribution in [1.29, 1.82) is 0 Å². The lowest BCUT2D eigenvalue weighted by atomic mass is 10.0. The fourth-order valence-electron chi connectivity index (χ4n) is 2.34. The van der Waals surface area contributed by atoms with E-state index in [0.717, 1.165) is 16.8 Å². The topological polar surface area (TPSA) is 32.3 Å². The first-order valence-corrected chi connectivity index (χ1v) is 7.03. The number of nitrogens with one attached hydrogen (secondary N) is 1. The minimum atomic E-state index is 0.204. The summed E-state index contributed by atoms with van der Waals surface area (Å²) in [6.07, 6.45) is 0. The largest absolute Gasteiger partial charge is 0.507 e. The molecule has 0 saturated heterocycles. The zero-order valence-corrected chi connectivity index (χ0v) is 12.9. The van der Waals surface area contributed by atoms with Crippen LogP contribution in [0, 0.1) is 27.7 Å². The number of rotatable bonds is 3. The van der Waals surface area contributed by atoms with Gasteiger partial charge >= 0.3 is 0 Å². The molecular formula is C18H23NO. The second kappa shape index (κ2) is 5.58. The van der Waals surface area contributed by atoms with Gasteiger partial charge in [-0.25, -0.2) is 0 Å². The molecule has 2 heteroatoms. The van der Waals surface area contributed by atoms with Crippen molar-refractivity contribution in [2.24, 2.45) is 0 Å². The number of benzene rings is 2. The van der Waals surface area contributed by atoms with Crippen LogP contribution in [0.5, 0.6) is 5.75 Å². The lowest BCUT2D eigenvalue weighted by Crippen LogP contribution is -2.08. The third-order valence-corrected chi connectivity index (χ3v) is 4.04. The first kappa shape index (κ1) is 14.4. The van der Waals surface area contributed by atoms with E-state index in [2.05, 4.69) is 44.3 Å². The summed E-state index contributed by atoms with van der Waals surface area (Å²) in [5, 5.41) is 13.5. The molecule has 106 valence electrons. The highest BCUT2D eigenvalue weighted by Crippen LogP contribution is 2.30. The minimum absolute atomic E-state index is 0.204. The molecule has 0 aliphatic heterocycles. The van der Waals surface area contributed by atoms with Crippen LogP contribution in [0.2, 0.25) is 0 Å². The van der Waals surface area contributed by atoms with E-state index < -0.39 is 0 Å². The van der Waals surface area contributed by atoms with Crippen molar-refractivity contribution < 1.29 is 5.11 Å². The van der Waals surface area contributed by atoms with Gasteiger partial charge in [-0.05, 0) is 62.9 Å². The third-order valence-electron chi connectivity index (χ3n) is 4.04. The molecule has 0 aliphatic rings. The first-order chi connectivity index (χ1) is 9.40. The maximum atomic E-state index is 10.0. The van der Waals surface area contributed by atoms with Crippen LogP contribution in [0.1, 0.15) is 40.8 Å². The fourth-order valence-corrected chi connectivity index (χ4v) is 2.34. The Morgan fingerprint density at radius 1 is 0.900 bits per heavy atom. The lowest BCUT2D eigenvalue weighted by molar-refractivity contribution is 0.467. The Morgan fingerprint density at radius 3 is 2.20 bits per heavy atom. The standard InChI is InChI=1S/C18H23NO/c1-11-6-8-16(10-13(11)3)15(5)19-17-9-7-12(2)18(20)14(17)4/h6-10,15,19-20H,1-5H3. The van der Waals surface area contributed by atoms with E-state index in [1.807, 2.05) is 26.0 Å². The molecule has 2 aromatic carbocycles. The molecule has 0 heterocycles. The summed E-state index contributed by atoms with van der Waals surface area (Å²) in [6.45, 7) is 10.3. The molecule has 0 radical (unpaired) electrons. The molecule has 0 aliphatic carbocycles. The Labute approximate surface area is 121 Å². The summed E-state index contributed by atoms with van der Waals surface area (Å²) >= 11 is 0. The number of phenolic OH excluding ortho intramolecular Hbond substituents is 1. The predicted octanol–water partition coefficient (Wildman–Crippen LogP) is 4.80. The molecule has 0 aromatic heterocycles. The van der Waals surface area contributed by atoms with Crippen LogP contribution < -0.4 is 5.32 Å². The van der Waals surface area contributed by atoms with Crippen LogP contribution in [0.4, 0.5) is 5.69 Å². The number of anilines is 1. The van der Waals surface area contributed by atoms with E-state index in [-0.39, 0.29) is 6.04 Å². The molecule has 2 N–H and O–H groups in total. The average molecular weight is 269 g/mol. The van der Waals surface area contributed by atoms with Crippen molar-refractivity contribution >= 4 is 5.69 Å². The Kier molecular flexibility index (Phi) is 4.03. The zero-order valence-electron chi connectivity index (χ0n) is 12.9. The predicted molar refractivity (Wildman–Crippen MR) is 85.5 cm³/mol. The van der Waals surface area contributed by atoms with E-state index in [1.165, 1.54) is 16.7 Å². The summed E-state index contributed by atoms with van der Waals surface area (Å²) in [5.74, 6) is 0.377. The molecular weight excluding hydrogens is 246 g/mol. The van der Waals surface area contributed by atoms with Crippen LogP contribution >= 0.6 is 0 Å². The second-order valence-corrected chi connectivity index (χ2v) is 5.61. The highest BCUT2D eigenvalue weighted by atomic mass is 16.3. The van der Waals surface area contributed by atoms with Crippen molar-refractivity contribution in [2.75, 3.05) is 5.32 Å². The summed E-state index contributed by atoms with van der Waals surface area (Å²) < 4.78 is 0. The van der Waals surface area contributed by atoms with Crippen LogP contribution in [0.15, 0.2) is 30.3 Å². The van der Waals surface area contributed by atoms with E-state index in [9.17, 15) is 5.11 Å². The zero-order chi connectivity index (χ0) is 14.9. The molecule has 2 aromatic rings. The van der Waals surface area contributed by atoms with Crippen molar-refractivity contribution in [3.05, 3.63) is 58.1 Å². The van der Waals surface area contributed by atoms with E-state index >= 15 is 0 Å². The van der Waals surface area contributed by atoms with Gasteiger partial charge in [0, 0.05) is 17.3 Å². The summed E-state index contributed by atoms with van der Waals surface area (Å²) in [4.78, 5) is 0. The fraction of sp³-hybridized carbons (Fsp3) is 0.333. The van der Waals surface area contributed by atoms with Gasteiger partial charge in [-0.3, -0.25) is 0 Å². The summed E-state index contributed by atoms with van der Waals surface area (Å²) in [6, 6.07) is 10.7. The summed E-state index contributed by atoms with van der Waals surface area (Å²) in [7, 11) is 0.